The fourth-order valence-electron chi connectivity index (χ4n) is 5.10. The molecule has 3 aromatic rings. The molecule has 0 bridgehead atoms. The van der Waals surface area contributed by atoms with Gasteiger partial charge in [0.1, 0.15) is 17.7 Å². The average molecular weight is 622 g/mol. The first-order valence-electron chi connectivity index (χ1n) is 14.5. The third kappa shape index (κ3) is 7.73. The Morgan fingerprint density at radius 3 is 2.33 bits per heavy atom. The van der Waals surface area contributed by atoms with Crippen molar-refractivity contribution in [1.29, 1.82) is 0 Å². The highest BCUT2D eigenvalue weighted by molar-refractivity contribution is 6.00. The van der Waals surface area contributed by atoms with Crippen LogP contribution in [0.5, 0.6) is 17.2 Å². The number of anilines is 3. The largest absolute Gasteiger partial charge is 0.488 e. The van der Waals surface area contributed by atoms with Gasteiger partial charge in [-0.05, 0) is 61.5 Å². The van der Waals surface area contributed by atoms with Crippen LogP contribution in [0.1, 0.15) is 19.4 Å². The monoisotopic (exact) mass is 621 g/mol. The summed E-state index contributed by atoms with van der Waals surface area (Å²) in [4.78, 5) is 42.3. The third-order valence-electron chi connectivity index (χ3n) is 7.70. The predicted octanol–water partition coefficient (Wildman–Crippen LogP) is 4.51. The topological polar surface area (TPSA) is 142 Å². The number of nitrogens with zero attached hydrogens (tertiary/aromatic N) is 2. The molecule has 0 spiro atoms. The number of carbonyl (C=O) groups is 3. The number of fused-ring (bicyclic) bond motifs is 2. The number of aliphatic hydroxyl groups excluding tert-OH is 1. The van der Waals surface area contributed by atoms with Gasteiger partial charge in [-0.1, -0.05) is 6.92 Å². The standard InChI is InChI=1S/C32H36FN5O7/c1-19-15-38(20(2)17-39)30(40)13-21-12-24(34-31(41)35-25-9-11-27-28(14-25)44-18-43-27)8-10-26(21)45-29(19)16-37(3)32(42)36-23-6-4-22(33)5-7-23/h4-12,14,19-20,29,39H,13,15-18H2,1-3H3,(H,36,42)(H2,34,35,41)/t19-,20+,29+/m1/s1. The molecule has 0 aliphatic carbocycles. The van der Waals surface area contributed by atoms with E-state index in [1.54, 1.807) is 55.3 Å². The minimum Gasteiger partial charge on any atom is -0.488 e. The number of likely N-dealkylation sites (N-methyl/N-ethyl adjacent to an activating group) is 1. The van der Waals surface area contributed by atoms with Crippen LogP contribution in [0.4, 0.5) is 31.0 Å². The normalized spacial score (nSPS) is 18.0. The number of benzene rings is 3. The van der Waals surface area contributed by atoms with E-state index in [0.717, 1.165) is 0 Å². The molecule has 3 aromatic carbocycles. The number of urea groups is 2. The van der Waals surface area contributed by atoms with Crippen LogP contribution in [0.25, 0.3) is 0 Å². The zero-order chi connectivity index (χ0) is 32.1. The molecule has 2 aliphatic heterocycles. The van der Waals surface area contributed by atoms with Gasteiger partial charge in [0.25, 0.3) is 0 Å². The van der Waals surface area contributed by atoms with Crippen molar-refractivity contribution in [2.45, 2.75) is 32.4 Å². The van der Waals surface area contributed by atoms with Crippen molar-refractivity contribution in [3.05, 3.63) is 72.0 Å². The molecule has 0 saturated carbocycles. The molecule has 0 aromatic heterocycles. The lowest BCUT2D eigenvalue weighted by Gasteiger charge is -2.34. The summed E-state index contributed by atoms with van der Waals surface area (Å²) < 4.78 is 30.4. The molecule has 0 saturated heterocycles. The van der Waals surface area contributed by atoms with Gasteiger partial charge in [-0.2, -0.15) is 0 Å². The van der Waals surface area contributed by atoms with Crippen molar-refractivity contribution >= 4 is 35.0 Å². The number of halogens is 1. The van der Waals surface area contributed by atoms with Gasteiger partial charge in [-0.3, -0.25) is 4.79 Å². The zero-order valence-corrected chi connectivity index (χ0v) is 25.2. The highest BCUT2D eigenvalue weighted by atomic mass is 19.1. The van der Waals surface area contributed by atoms with Crippen molar-refractivity contribution in [3.8, 4) is 17.2 Å². The summed E-state index contributed by atoms with van der Waals surface area (Å²) in [5, 5.41) is 18.2. The Kier molecular flexibility index (Phi) is 9.57. The van der Waals surface area contributed by atoms with E-state index in [4.69, 9.17) is 14.2 Å². The van der Waals surface area contributed by atoms with Crippen molar-refractivity contribution in [3.63, 3.8) is 0 Å². The average Bonchev–Trinajstić information content (AvgIpc) is 3.49. The Morgan fingerprint density at radius 2 is 1.62 bits per heavy atom. The Labute approximate surface area is 260 Å². The van der Waals surface area contributed by atoms with E-state index in [1.165, 1.54) is 29.2 Å². The molecule has 0 fully saturated rings. The van der Waals surface area contributed by atoms with Gasteiger partial charge in [0.2, 0.25) is 12.7 Å². The van der Waals surface area contributed by atoms with E-state index in [1.807, 2.05) is 6.92 Å². The zero-order valence-electron chi connectivity index (χ0n) is 25.2. The summed E-state index contributed by atoms with van der Waals surface area (Å²) in [6.07, 6.45) is -0.570. The molecule has 5 rings (SSSR count). The van der Waals surface area contributed by atoms with Gasteiger partial charge < -0.3 is 45.1 Å². The number of carbonyl (C=O) groups excluding carboxylic acids is 3. The van der Waals surface area contributed by atoms with Gasteiger partial charge in [0, 0.05) is 48.2 Å². The minimum atomic E-state index is -0.542. The Hall–Kier alpha value is -5.04. The van der Waals surface area contributed by atoms with E-state index in [9.17, 15) is 23.9 Å². The number of nitrogens with one attached hydrogen (secondary N) is 3. The molecular formula is C32H36FN5O7. The first-order valence-corrected chi connectivity index (χ1v) is 14.5. The number of hydrogen-bond donors (Lipinski definition) is 4. The fourth-order valence-corrected chi connectivity index (χ4v) is 5.10. The van der Waals surface area contributed by atoms with E-state index >= 15 is 0 Å². The quantitative estimate of drug-likeness (QED) is 0.304. The smallest absolute Gasteiger partial charge is 0.323 e. The molecule has 2 heterocycles. The van der Waals surface area contributed by atoms with Crippen LogP contribution in [-0.2, 0) is 11.2 Å². The van der Waals surface area contributed by atoms with E-state index < -0.39 is 30.0 Å². The molecule has 4 N–H and O–H groups in total. The molecule has 13 heteroatoms. The fraction of sp³-hybridized carbons (Fsp3) is 0.344. The Balaban J connectivity index is 1.33. The Bertz CT molecular complexity index is 1550. The first-order chi connectivity index (χ1) is 21.6. The molecule has 0 radical (unpaired) electrons. The van der Waals surface area contributed by atoms with Crippen LogP contribution in [0.15, 0.2) is 60.7 Å². The molecule has 0 unspecified atom stereocenters. The van der Waals surface area contributed by atoms with Gasteiger partial charge >= 0.3 is 12.1 Å². The molecular weight excluding hydrogens is 585 g/mol. The lowest BCUT2D eigenvalue weighted by Crippen LogP contribution is -2.48. The SMILES string of the molecule is C[C@@H]1CN([C@@H](C)CO)C(=O)Cc2cc(NC(=O)Nc3ccc4c(c3)OCO4)ccc2O[C@H]1CN(C)C(=O)Nc1ccc(F)cc1. The van der Waals surface area contributed by atoms with E-state index in [2.05, 4.69) is 16.0 Å². The van der Waals surface area contributed by atoms with Crippen molar-refractivity contribution < 1.29 is 38.1 Å². The summed E-state index contributed by atoms with van der Waals surface area (Å²) in [5.41, 5.74) is 1.92. The van der Waals surface area contributed by atoms with Crippen LogP contribution in [0.2, 0.25) is 0 Å². The van der Waals surface area contributed by atoms with E-state index in [0.29, 0.717) is 39.9 Å². The van der Waals surface area contributed by atoms with Gasteiger partial charge in [0.15, 0.2) is 11.5 Å². The summed E-state index contributed by atoms with van der Waals surface area (Å²) in [6.45, 7) is 4.03. The number of aliphatic hydroxyl groups is 1. The second-order valence-electron chi connectivity index (χ2n) is 11.2. The van der Waals surface area contributed by atoms with Gasteiger partial charge in [-0.25, -0.2) is 14.0 Å². The van der Waals surface area contributed by atoms with Gasteiger partial charge in [0.05, 0.1) is 25.6 Å². The van der Waals surface area contributed by atoms with Crippen LogP contribution >= 0.6 is 0 Å². The maximum atomic E-state index is 13.5. The molecule has 3 atom stereocenters. The van der Waals surface area contributed by atoms with Crippen LogP contribution in [-0.4, -0.2) is 78.6 Å². The highest BCUT2D eigenvalue weighted by Gasteiger charge is 2.32. The summed E-state index contributed by atoms with van der Waals surface area (Å²) in [6, 6.07) is 14.2. The summed E-state index contributed by atoms with van der Waals surface area (Å²) in [5.74, 6) is 0.712. The highest BCUT2D eigenvalue weighted by Crippen LogP contribution is 2.34. The van der Waals surface area contributed by atoms with Crippen LogP contribution in [0, 0.1) is 11.7 Å². The predicted molar refractivity (Wildman–Crippen MR) is 165 cm³/mol. The molecule has 45 heavy (non-hydrogen) atoms. The minimum absolute atomic E-state index is 0.0285. The third-order valence-corrected chi connectivity index (χ3v) is 7.70. The number of rotatable bonds is 7. The molecule has 12 nitrogen and oxygen atoms in total. The summed E-state index contributed by atoms with van der Waals surface area (Å²) >= 11 is 0. The second kappa shape index (κ2) is 13.7. The summed E-state index contributed by atoms with van der Waals surface area (Å²) in [7, 11) is 1.62. The lowest BCUT2D eigenvalue weighted by molar-refractivity contribution is -0.134. The number of amides is 5. The van der Waals surface area contributed by atoms with Gasteiger partial charge in [-0.15, -0.1) is 0 Å². The second-order valence-corrected chi connectivity index (χ2v) is 11.2. The molecule has 238 valence electrons. The molecule has 5 amide bonds. The van der Waals surface area contributed by atoms with Crippen LogP contribution in [0.3, 0.4) is 0 Å². The number of hydrogen-bond acceptors (Lipinski definition) is 7. The van der Waals surface area contributed by atoms with Crippen molar-refractivity contribution in [2.24, 2.45) is 5.92 Å². The van der Waals surface area contributed by atoms with Crippen molar-refractivity contribution in [2.75, 3.05) is 49.5 Å². The maximum absolute atomic E-state index is 13.5. The van der Waals surface area contributed by atoms with E-state index in [-0.39, 0.29) is 44.7 Å². The van der Waals surface area contributed by atoms with Crippen LogP contribution < -0.4 is 30.2 Å². The van der Waals surface area contributed by atoms with Crippen molar-refractivity contribution in [1.82, 2.24) is 9.80 Å². The Morgan fingerprint density at radius 1 is 0.978 bits per heavy atom. The maximum Gasteiger partial charge on any atom is 0.323 e. The lowest BCUT2D eigenvalue weighted by atomic mass is 10.0. The molecule has 2 aliphatic rings. The number of ether oxygens (including phenoxy) is 3. The first kappa shape index (κ1) is 31.4.